The van der Waals surface area contributed by atoms with Crippen LogP contribution in [0.4, 0.5) is 0 Å². The van der Waals surface area contributed by atoms with Gasteiger partial charge in [0.05, 0.1) is 17.8 Å². The van der Waals surface area contributed by atoms with Gasteiger partial charge < -0.3 is 0 Å². The largest absolute Gasteiger partial charge is 0.271 e. The Kier molecular flexibility index (Phi) is 3.96. The molecule has 3 N–H and O–H groups in total. The van der Waals surface area contributed by atoms with Crippen LogP contribution in [0, 0.1) is 0 Å². The second kappa shape index (κ2) is 5.86. The van der Waals surface area contributed by atoms with Gasteiger partial charge in [0.1, 0.15) is 0 Å². The van der Waals surface area contributed by atoms with Crippen molar-refractivity contribution in [3.63, 3.8) is 0 Å². The first-order valence-corrected chi connectivity index (χ1v) is 7.83. The molecule has 4 nitrogen and oxygen atoms in total. The number of nitrogens with two attached hydrogens (primary N) is 1. The number of hydrazine groups is 1. The normalized spacial score (nSPS) is 17.9. The molecule has 0 saturated heterocycles. The molecule has 102 valence electrons. The van der Waals surface area contributed by atoms with Gasteiger partial charge in [0.2, 0.25) is 0 Å². The fourth-order valence-corrected chi connectivity index (χ4v) is 3.53. The van der Waals surface area contributed by atoms with Gasteiger partial charge in [-0.2, -0.15) is 16.4 Å². The Balaban J connectivity index is 1.69. The SMILES string of the molecule is NNC(Cc1ccn(C2CCCC2)n1)c1ccsc1. The molecule has 0 bridgehead atoms. The van der Waals surface area contributed by atoms with E-state index in [4.69, 9.17) is 10.9 Å². The maximum atomic E-state index is 5.66. The lowest BCUT2D eigenvalue weighted by atomic mass is 10.1. The molecule has 1 atom stereocenters. The second-order valence-corrected chi connectivity index (χ2v) is 5.99. The molecule has 0 aliphatic heterocycles. The van der Waals surface area contributed by atoms with Gasteiger partial charge in [-0.15, -0.1) is 0 Å². The summed E-state index contributed by atoms with van der Waals surface area (Å²) in [5.74, 6) is 5.66. The van der Waals surface area contributed by atoms with E-state index in [-0.39, 0.29) is 6.04 Å². The zero-order chi connectivity index (χ0) is 13.1. The molecule has 0 spiro atoms. The second-order valence-electron chi connectivity index (χ2n) is 5.21. The summed E-state index contributed by atoms with van der Waals surface area (Å²) in [6, 6.07) is 5.00. The molecule has 5 heteroatoms. The lowest BCUT2D eigenvalue weighted by Gasteiger charge is -2.13. The van der Waals surface area contributed by atoms with Crippen LogP contribution in [-0.4, -0.2) is 9.78 Å². The molecule has 2 heterocycles. The van der Waals surface area contributed by atoms with Crippen molar-refractivity contribution in [2.75, 3.05) is 0 Å². The Hall–Kier alpha value is -1.17. The van der Waals surface area contributed by atoms with Crippen LogP contribution in [0.5, 0.6) is 0 Å². The van der Waals surface area contributed by atoms with E-state index in [1.54, 1.807) is 11.3 Å². The minimum Gasteiger partial charge on any atom is -0.271 e. The Morgan fingerprint density at radius 2 is 2.26 bits per heavy atom. The quantitative estimate of drug-likeness (QED) is 0.652. The molecular weight excluding hydrogens is 256 g/mol. The van der Waals surface area contributed by atoms with Gasteiger partial charge in [-0.25, -0.2) is 0 Å². The average molecular weight is 276 g/mol. The first kappa shape index (κ1) is 12.8. The molecule has 0 aromatic carbocycles. The van der Waals surface area contributed by atoms with Crippen LogP contribution in [0.25, 0.3) is 0 Å². The summed E-state index contributed by atoms with van der Waals surface area (Å²) in [7, 11) is 0. The lowest BCUT2D eigenvalue weighted by molar-refractivity contribution is 0.457. The van der Waals surface area contributed by atoms with Gasteiger partial charge in [0.25, 0.3) is 0 Å². The molecule has 19 heavy (non-hydrogen) atoms. The molecular formula is C14H20N4S. The van der Waals surface area contributed by atoms with Crippen LogP contribution in [0.15, 0.2) is 29.1 Å². The zero-order valence-electron chi connectivity index (χ0n) is 11.0. The molecule has 0 amide bonds. The van der Waals surface area contributed by atoms with Crippen molar-refractivity contribution in [3.05, 3.63) is 40.3 Å². The molecule has 1 saturated carbocycles. The zero-order valence-corrected chi connectivity index (χ0v) is 11.8. The van der Waals surface area contributed by atoms with Crippen LogP contribution in [0.1, 0.15) is 49.0 Å². The van der Waals surface area contributed by atoms with Gasteiger partial charge >= 0.3 is 0 Å². The highest BCUT2D eigenvalue weighted by atomic mass is 32.1. The van der Waals surface area contributed by atoms with Crippen LogP contribution < -0.4 is 11.3 Å². The molecule has 1 unspecified atom stereocenters. The number of aromatic nitrogens is 2. The molecule has 1 aliphatic carbocycles. The summed E-state index contributed by atoms with van der Waals surface area (Å²) in [5, 5.41) is 8.93. The molecule has 1 aliphatic rings. The maximum Gasteiger partial charge on any atom is 0.0644 e. The van der Waals surface area contributed by atoms with Crippen molar-refractivity contribution in [1.82, 2.24) is 15.2 Å². The summed E-state index contributed by atoms with van der Waals surface area (Å²) in [6.45, 7) is 0. The van der Waals surface area contributed by atoms with Crippen LogP contribution >= 0.6 is 11.3 Å². The highest BCUT2D eigenvalue weighted by Crippen LogP contribution is 2.29. The molecule has 1 fully saturated rings. The molecule has 3 rings (SSSR count). The predicted octanol–water partition coefficient (Wildman–Crippen LogP) is 2.81. The molecule has 0 radical (unpaired) electrons. The van der Waals surface area contributed by atoms with E-state index in [0.717, 1.165) is 12.1 Å². The van der Waals surface area contributed by atoms with Crippen molar-refractivity contribution in [2.45, 2.75) is 44.2 Å². The van der Waals surface area contributed by atoms with E-state index in [1.807, 2.05) is 0 Å². The van der Waals surface area contributed by atoms with Gasteiger partial charge in [-0.3, -0.25) is 16.0 Å². The smallest absolute Gasteiger partial charge is 0.0644 e. The summed E-state index contributed by atoms with van der Waals surface area (Å²) < 4.78 is 2.14. The number of thiophene rings is 1. The fourth-order valence-electron chi connectivity index (χ4n) is 2.81. The van der Waals surface area contributed by atoms with E-state index in [9.17, 15) is 0 Å². The summed E-state index contributed by atoms with van der Waals surface area (Å²) in [6.07, 6.45) is 8.16. The van der Waals surface area contributed by atoms with E-state index >= 15 is 0 Å². The van der Waals surface area contributed by atoms with E-state index in [0.29, 0.717) is 6.04 Å². The van der Waals surface area contributed by atoms with E-state index in [1.165, 1.54) is 31.2 Å². The molecule has 2 aromatic rings. The third-order valence-electron chi connectivity index (χ3n) is 3.92. The highest BCUT2D eigenvalue weighted by molar-refractivity contribution is 7.07. The topological polar surface area (TPSA) is 55.9 Å². The first-order chi connectivity index (χ1) is 9.36. The number of nitrogens with zero attached hydrogens (tertiary/aromatic N) is 2. The van der Waals surface area contributed by atoms with Gasteiger partial charge in [-0.1, -0.05) is 12.8 Å². The third kappa shape index (κ3) is 2.88. The molecule has 2 aromatic heterocycles. The number of rotatable bonds is 5. The Labute approximate surface area is 117 Å². The Bertz CT molecular complexity index is 499. The van der Waals surface area contributed by atoms with Crippen molar-refractivity contribution in [2.24, 2.45) is 5.84 Å². The maximum absolute atomic E-state index is 5.66. The summed E-state index contributed by atoms with van der Waals surface area (Å²) >= 11 is 1.70. The number of hydrogen-bond acceptors (Lipinski definition) is 4. The number of hydrogen-bond donors (Lipinski definition) is 2. The standard InChI is InChI=1S/C14H20N4S/c15-16-14(11-6-8-19-10-11)9-12-5-7-18(17-12)13-3-1-2-4-13/h5-8,10,13-14,16H,1-4,9,15H2. The predicted molar refractivity (Wildman–Crippen MR) is 77.8 cm³/mol. The minimum absolute atomic E-state index is 0.151. The monoisotopic (exact) mass is 276 g/mol. The van der Waals surface area contributed by atoms with E-state index in [2.05, 4.69) is 39.2 Å². The van der Waals surface area contributed by atoms with Crippen molar-refractivity contribution in [3.8, 4) is 0 Å². The van der Waals surface area contributed by atoms with Crippen molar-refractivity contribution >= 4 is 11.3 Å². The highest BCUT2D eigenvalue weighted by Gasteiger charge is 2.18. The van der Waals surface area contributed by atoms with Crippen LogP contribution in [0.2, 0.25) is 0 Å². The first-order valence-electron chi connectivity index (χ1n) is 6.89. The average Bonchev–Trinajstić information content (AvgIpc) is 3.15. The minimum atomic E-state index is 0.151. The van der Waals surface area contributed by atoms with E-state index < -0.39 is 0 Å². The van der Waals surface area contributed by atoms with Crippen LogP contribution in [0.3, 0.4) is 0 Å². The fraction of sp³-hybridized carbons (Fsp3) is 0.500. The van der Waals surface area contributed by atoms with Gasteiger partial charge in [-0.05, 0) is 41.3 Å². The Morgan fingerprint density at radius 3 is 2.95 bits per heavy atom. The lowest BCUT2D eigenvalue weighted by Crippen LogP contribution is -2.29. The third-order valence-corrected chi connectivity index (χ3v) is 4.62. The van der Waals surface area contributed by atoms with Gasteiger partial charge in [0.15, 0.2) is 0 Å². The number of nitrogens with one attached hydrogen (secondary N) is 1. The summed E-state index contributed by atoms with van der Waals surface area (Å²) in [4.78, 5) is 0. The Morgan fingerprint density at radius 1 is 1.42 bits per heavy atom. The van der Waals surface area contributed by atoms with Crippen molar-refractivity contribution < 1.29 is 0 Å². The van der Waals surface area contributed by atoms with Crippen LogP contribution in [-0.2, 0) is 6.42 Å². The van der Waals surface area contributed by atoms with Gasteiger partial charge in [0, 0.05) is 12.6 Å². The van der Waals surface area contributed by atoms with Crippen molar-refractivity contribution in [1.29, 1.82) is 0 Å². The summed E-state index contributed by atoms with van der Waals surface area (Å²) in [5.41, 5.74) is 5.24.